The number of nitrogens with zero attached hydrogens (tertiary/aromatic N) is 2. The molecule has 0 aliphatic carbocycles. The van der Waals surface area contributed by atoms with Crippen LogP contribution < -0.4 is 10.6 Å². The van der Waals surface area contributed by atoms with Crippen molar-refractivity contribution in [1.29, 1.82) is 0 Å². The highest BCUT2D eigenvalue weighted by molar-refractivity contribution is 5.94. The highest BCUT2D eigenvalue weighted by atomic mass is 19.1. The molecule has 1 saturated heterocycles. The maximum Gasteiger partial charge on any atom is 0.254 e. The van der Waals surface area contributed by atoms with Crippen LogP contribution in [0.3, 0.4) is 0 Å². The molecular weight excluding hydrogens is 367 g/mol. The molecule has 1 amide bonds. The summed E-state index contributed by atoms with van der Waals surface area (Å²) in [6.07, 6.45) is 4.27. The molecule has 1 fully saturated rings. The minimum Gasteiger partial charge on any atom is -0.354 e. The highest BCUT2D eigenvalue weighted by Gasteiger charge is 2.17. The molecule has 29 heavy (non-hydrogen) atoms. The van der Waals surface area contributed by atoms with Crippen molar-refractivity contribution in [1.82, 2.24) is 15.5 Å². The van der Waals surface area contributed by atoms with Gasteiger partial charge < -0.3 is 15.5 Å². The van der Waals surface area contributed by atoms with Crippen LogP contribution in [0.2, 0.25) is 0 Å². The van der Waals surface area contributed by atoms with Gasteiger partial charge in [-0.3, -0.25) is 9.79 Å². The lowest BCUT2D eigenvalue weighted by Crippen LogP contribution is -2.46. The number of benzene rings is 2. The smallest absolute Gasteiger partial charge is 0.254 e. The van der Waals surface area contributed by atoms with Crippen LogP contribution in [0.4, 0.5) is 4.39 Å². The number of hydrogen-bond donors (Lipinski definition) is 2. The average Bonchev–Trinajstić information content (AvgIpc) is 2.75. The summed E-state index contributed by atoms with van der Waals surface area (Å²) in [6, 6.07) is 16.4. The number of rotatable bonds is 5. The Bertz CT molecular complexity index is 869. The predicted octanol–water partition coefficient (Wildman–Crippen LogP) is 3.31. The molecule has 3 rings (SSSR count). The van der Waals surface area contributed by atoms with E-state index in [1.54, 1.807) is 19.2 Å². The Morgan fingerprint density at radius 3 is 2.38 bits per heavy atom. The maximum absolute atomic E-state index is 13.6. The van der Waals surface area contributed by atoms with E-state index in [-0.39, 0.29) is 5.56 Å². The van der Waals surface area contributed by atoms with E-state index >= 15 is 0 Å². The quantitative estimate of drug-likeness (QED) is 0.465. The molecule has 0 aromatic heterocycles. The first-order chi connectivity index (χ1) is 14.2. The highest BCUT2D eigenvalue weighted by Crippen LogP contribution is 2.19. The fourth-order valence-electron chi connectivity index (χ4n) is 3.36. The number of hydrogen-bond acceptors (Lipinski definition) is 2. The zero-order chi connectivity index (χ0) is 20.5. The summed E-state index contributed by atoms with van der Waals surface area (Å²) in [7, 11) is 1.76. The van der Waals surface area contributed by atoms with Crippen molar-refractivity contribution < 1.29 is 9.18 Å². The minimum absolute atomic E-state index is 0.0608. The first-order valence-corrected chi connectivity index (χ1v) is 9.90. The second-order valence-corrected chi connectivity index (χ2v) is 6.91. The van der Waals surface area contributed by atoms with E-state index in [4.69, 9.17) is 0 Å². The number of carbonyl (C=O) groups excluding carboxylic acids is 1. The van der Waals surface area contributed by atoms with Gasteiger partial charge in [-0.25, -0.2) is 4.39 Å². The van der Waals surface area contributed by atoms with Gasteiger partial charge in [-0.1, -0.05) is 54.1 Å². The van der Waals surface area contributed by atoms with Crippen LogP contribution in [0.1, 0.15) is 28.8 Å². The maximum atomic E-state index is 13.6. The summed E-state index contributed by atoms with van der Waals surface area (Å²) in [5, 5.41) is 6.01. The molecule has 0 radical (unpaired) electrons. The first-order valence-electron chi connectivity index (χ1n) is 9.90. The molecule has 2 aromatic rings. The largest absolute Gasteiger partial charge is 0.354 e. The van der Waals surface area contributed by atoms with Crippen LogP contribution in [0.5, 0.6) is 0 Å². The van der Waals surface area contributed by atoms with E-state index < -0.39 is 11.7 Å². The summed E-state index contributed by atoms with van der Waals surface area (Å²) in [5.74, 6) is -0.0982. The minimum atomic E-state index is -0.513. The number of likely N-dealkylation sites (tertiary alicyclic amines) is 1. The number of piperidine rings is 1. The van der Waals surface area contributed by atoms with Gasteiger partial charge in [-0.15, -0.1) is 0 Å². The molecule has 0 bridgehead atoms. The zero-order valence-corrected chi connectivity index (χ0v) is 16.7. The van der Waals surface area contributed by atoms with Gasteiger partial charge in [0.2, 0.25) is 0 Å². The van der Waals surface area contributed by atoms with Crippen molar-refractivity contribution in [3.8, 4) is 0 Å². The zero-order valence-electron chi connectivity index (χ0n) is 16.7. The summed E-state index contributed by atoms with van der Waals surface area (Å²) in [5.41, 5.74) is 2.75. The number of carbonyl (C=O) groups is 1. The molecule has 5 nitrogen and oxygen atoms in total. The molecule has 1 aliphatic heterocycles. The number of nitrogens with one attached hydrogen (secondary N) is 2. The number of aliphatic imine (C=N–C) groups is 1. The molecular formula is C23H27FN4O. The third kappa shape index (κ3) is 5.91. The SMILES string of the molecule is CN=C(NCCNC(=O)c1ccccc1F)N1CCC(=Cc2ccccc2)CC1. The summed E-state index contributed by atoms with van der Waals surface area (Å²) in [4.78, 5) is 18.6. The monoisotopic (exact) mass is 394 g/mol. The van der Waals surface area contributed by atoms with Crippen molar-refractivity contribution in [2.75, 3.05) is 33.2 Å². The van der Waals surface area contributed by atoms with Gasteiger partial charge in [-0.05, 0) is 30.5 Å². The van der Waals surface area contributed by atoms with Crippen LogP contribution in [0.25, 0.3) is 6.08 Å². The van der Waals surface area contributed by atoms with Crippen LogP contribution >= 0.6 is 0 Å². The molecule has 0 saturated carbocycles. The molecule has 152 valence electrons. The van der Waals surface area contributed by atoms with E-state index in [2.05, 4.69) is 50.9 Å². The van der Waals surface area contributed by atoms with E-state index in [1.807, 2.05) is 6.07 Å². The lowest BCUT2D eigenvalue weighted by molar-refractivity contribution is 0.0950. The van der Waals surface area contributed by atoms with Crippen LogP contribution in [-0.2, 0) is 0 Å². The Morgan fingerprint density at radius 1 is 1.03 bits per heavy atom. The van der Waals surface area contributed by atoms with Gasteiger partial charge in [0.05, 0.1) is 5.56 Å². The van der Waals surface area contributed by atoms with Gasteiger partial charge in [0.15, 0.2) is 5.96 Å². The third-order valence-corrected chi connectivity index (χ3v) is 4.90. The van der Waals surface area contributed by atoms with Crippen molar-refractivity contribution in [2.45, 2.75) is 12.8 Å². The first kappa shape index (κ1) is 20.6. The fourth-order valence-corrected chi connectivity index (χ4v) is 3.36. The lowest BCUT2D eigenvalue weighted by atomic mass is 10.0. The Hall–Kier alpha value is -3.15. The predicted molar refractivity (Wildman–Crippen MR) is 115 cm³/mol. The van der Waals surface area contributed by atoms with E-state index in [0.717, 1.165) is 31.9 Å². The van der Waals surface area contributed by atoms with E-state index in [9.17, 15) is 9.18 Å². The van der Waals surface area contributed by atoms with Crippen LogP contribution in [0.15, 0.2) is 65.2 Å². The summed E-state index contributed by atoms with van der Waals surface area (Å²) >= 11 is 0. The van der Waals surface area contributed by atoms with Crippen molar-refractivity contribution in [3.05, 3.63) is 77.1 Å². The molecule has 6 heteroatoms. The average molecular weight is 394 g/mol. The number of halogens is 1. The van der Waals surface area contributed by atoms with Crippen molar-refractivity contribution >= 4 is 17.9 Å². The lowest BCUT2D eigenvalue weighted by Gasteiger charge is -2.31. The van der Waals surface area contributed by atoms with Gasteiger partial charge in [-0.2, -0.15) is 0 Å². The second kappa shape index (κ2) is 10.4. The van der Waals surface area contributed by atoms with E-state index in [1.165, 1.54) is 23.3 Å². The van der Waals surface area contributed by atoms with E-state index in [0.29, 0.717) is 13.1 Å². The Labute approximate surface area is 171 Å². The second-order valence-electron chi connectivity index (χ2n) is 6.91. The van der Waals surface area contributed by atoms with Gasteiger partial charge in [0.1, 0.15) is 5.82 Å². The Kier molecular flexibility index (Phi) is 7.39. The summed E-state index contributed by atoms with van der Waals surface area (Å²) < 4.78 is 13.6. The van der Waals surface area contributed by atoms with Crippen molar-refractivity contribution in [3.63, 3.8) is 0 Å². The molecule has 2 N–H and O–H groups in total. The molecule has 1 heterocycles. The Morgan fingerprint density at radius 2 is 1.69 bits per heavy atom. The van der Waals surface area contributed by atoms with Crippen molar-refractivity contribution in [2.24, 2.45) is 4.99 Å². The molecule has 2 aromatic carbocycles. The van der Waals surface area contributed by atoms with Crippen LogP contribution in [0, 0.1) is 5.82 Å². The van der Waals surface area contributed by atoms with Gasteiger partial charge >= 0.3 is 0 Å². The number of guanidine groups is 1. The Balaban J connectivity index is 1.42. The standard InChI is InChI=1S/C23H27FN4O/c1-25-23(27-14-13-26-22(29)20-9-5-6-10-21(20)24)28-15-11-19(12-16-28)17-18-7-3-2-4-8-18/h2-10,17H,11-16H2,1H3,(H,25,27)(H,26,29). The molecule has 0 unspecified atom stereocenters. The summed E-state index contributed by atoms with van der Waals surface area (Å²) in [6.45, 7) is 2.72. The molecule has 0 atom stereocenters. The van der Waals surface area contributed by atoms with Crippen LogP contribution in [-0.4, -0.2) is 50.0 Å². The van der Waals surface area contributed by atoms with Gasteiger partial charge in [0.25, 0.3) is 5.91 Å². The van der Waals surface area contributed by atoms with Gasteiger partial charge in [0, 0.05) is 33.2 Å². The number of amides is 1. The normalized spacial score (nSPS) is 14.5. The fraction of sp³-hybridized carbons (Fsp3) is 0.304. The topological polar surface area (TPSA) is 56.7 Å². The third-order valence-electron chi connectivity index (χ3n) is 4.90. The molecule has 1 aliphatic rings. The molecule has 0 spiro atoms.